The topological polar surface area (TPSA) is 26.3 Å². The van der Waals surface area contributed by atoms with E-state index in [4.69, 9.17) is 0 Å². The van der Waals surface area contributed by atoms with Crippen LogP contribution in [0.25, 0.3) is 0 Å². The van der Waals surface area contributed by atoms with Crippen LogP contribution >= 0.6 is 13.6 Å². The second-order valence-electron chi connectivity index (χ2n) is 1.19. The molecule has 0 fully saturated rings. The third-order valence-electron chi connectivity index (χ3n) is 0.598. The molecule has 4 heteroatoms. The third-order valence-corrected chi connectivity index (χ3v) is 0.598. The van der Waals surface area contributed by atoms with Crippen molar-refractivity contribution in [3.05, 3.63) is 6.42 Å². The molecule has 0 aromatic carbocycles. The first kappa shape index (κ1) is 12.3. The number of hydrogen-bond acceptors (Lipinski definition) is 2. The van der Waals surface area contributed by atoms with Crippen LogP contribution in [0.3, 0.4) is 0 Å². The van der Waals surface area contributed by atoms with E-state index in [1.54, 1.807) is 6.42 Å². The average molecular weight is 246 g/mol. The van der Waals surface area contributed by atoms with E-state index in [2.05, 4.69) is 18.4 Å². The van der Waals surface area contributed by atoms with E-state index in [0.29, 0.717) is 6.42 Å². The Kier molecular flexibility index (Phi) is 15.5. The third kappa shape index (κ3) is 11.9. The molecule has 0 aliphatic rings. The molecule has 0 aromatic rings. The molecule has 0 radical (unpaired) electrons. The fourth-order valence-corrected chi connectivity index (χ4v) is 0.250. The fourth-order valence-electron chi connectivity index (χ4n) is 0.250. The molecule has 0 N–H and O–H groups in total. The van der Waals surface area contributed by atoms with Crippen LogP contribution in [-0.2, 0) is 25.9 Å². The van der Waals surface area contributed by atoms with E-state index in [0.717, 1.165) is 0 Å². The second-order valence-corrected chi connectivity index (χ2v) is 1.19. The van der Waals surface area contributed by atoms with Gasteiger partial charge in [0, 0.05) is 0 Å². The maximum absolute atomic E-state index is 10.2. The van der Waals surface area contributed by atoms with E-state index in [9.17, 15) is 4.79 Å². The van der Waals surface area contributed by atoms with E-state index < -0.39 is 0 Å². The molecule has 0 saturated heterocycles. The zero-order chi connectivity index (χ0) is 7.70. The van der Waals surface area contributed by atoms with E-state index >= 15 is 0 Å². The Balaban J connectivity index is 0. The summed E-state index contributed by atoms with van der Waals surface area (Å²) in [5.74, 6) is -0.178. The number of hydrogen-bond donors (Lipinski definition) is 0. The molecule has 0 rings (SSSR count). The van der Waals surface area contributed by atoms with Crippen molar-refractivity contribution in [1.82, 2.24) is 0 Å². The van der Waals surface area contributed by atoms with Crippen molar-refractivity contribution >= 4 is 19.6 Å². The van der Waals surface area contributed by atoms with Crippen LogP contribution in [0.5, 0.6) is 0 Å². The predicted molar refractivity (Wildman–Crippen MR) is 35.5 cm³/mol. The monoisotopic (exact) mass is 244 g/mol. The molecule has 0 aliphatic carbocycles. The fraction of sp³-hybridized carbons (Fsp3) is 0.600. The molecule has 0 aromatic heterocycles. The Labute approximate surface area is 72.4 Å². The predicted octanol–water partition coefficient (Wildman–Crippen LogP) is 1.62. The van der Waals surface area contributed by atoms with Crippen LogP contribution in [0.4, 0.5) is 0 Å². The Morgan fingerprint density at radius 2 is 2.22 bits per heavy atom. The summed E-state index contributed by atoms with van der Waals surface area (Å²) >= 11 is 4.25. The first-order chi connectivity index (χ1) is 4.31. The molecule has 9 heavy (non-hydrogen) atoms. The zero-order valence-corrected chi connectivity index (χ0v) is 10.2. The number of esters is 1. The van der Waals surface area contributed by atoms with Gasteiger partial charge in [-0.15, -0.1) is 0 Å². The van der Waals surface area contributed by atoms with Gasteiger partial charge in [-0.05, 0) is 0 Å². The molecular weight excluding hydrogens is 237 g/mol. The molecule has 0 bridgehead atoms. The van der Waals surface area contributed by atoms with Crippen molar-refractivity contribution in [2.75, 3.05) is 7.11 Å². The van der Waals surface area contributed by atoms with Crippen LogP contribution in [0.1, 0.15) is 13.3 Å². The van der Waals surface area contributed by atoms with Crippen LogP contribution < -0.4 is 0 Å². The molecule has 0 saturated carbocycles. The molecular formula is C5H9BrO2Zn. The summed E-state index contributed by atoms with van der Waals surface area (Å²) in [7, 11) is 1.38. The summed E-state index contributed by atoms with van der Waals surface area (Å²) in [6, 6.07) is 0. The standard InChI is InChI=1S/C5H9O2.BrH.Zn/c1-3-4-5(6)7-2;;/h3H,4H2,1-2H3;1H;/q-1;;+2/p-1. The van der Waals surface area contributed by atoms with Crippen LogP contribution in [0.15, 0.2) is 0 Å². The first-order valence-electron chi connectivity index (χ1n) is 2.42. The molecule has 0 spiro atoms. The Morgan fingerprint density at radius 3 is 2.33 bits per heavy atom. The van der Waals surface area contributed by atoms with Crippen LogP contribution in [0, 0.1) is 6.42 Å². The molecule has 0 amide bonds. The van der Waals surface area contributed by atoms with Crippen molar-refractivity contribution in [3.63, 3.8) is 0 Å². The normalized spacial score (nSPS) is 7.22. The SMILES string of the molecule is C[CH-]CC(=O)OC.[Zn+][Br]. The second kappa shape index (κ2) is 11.4. The van der Waals surface area contributed by atoms with Gasteiger partial charge in [-0.1, -0.05) is 6.42 Å². The zero-order valence-electron chi connectivity index (χ0n) is 5.69. The molecule has 50 valence electrons. The number of ether oxygens (including phenoxy) is 1. The van der Waals surface area contributed by atoms with Gasteiger partial charge in [0.15, 0.2) is 0 Å². The van der Waals surface area contributed by atoms with Crippen molar-refractivity contribution in [3.8, 4) is 0 Å². The van der Waals surface area contributed by atoms with E-state index in [-0.39, 0.29) is 5.97 Å². The summed E-state index contributed by atoms with van der Waals surface area (Å²) < 4.78 is 4.32. The van der Waals surface area contributed by atoms with Crippen molar-refractivity contribution in [1.29, 1.82) is 0 Å². The van der Waals surface area contributed by atoms with Crippen molar-refractivity contribution in [2.45, 2.75) is 13.3 Å². The first-order valence-corrected chi connectivity index (χ1v) is 9.37. The summed E-state index contributed by atoms with van der Waals surface area (Å²) in [4.78, 5) is 10.2. The number of methoxy groups -OCH3 is 1. The van der Waals surface area contributed by atoms with Gasteiger partial charge in [0.25, 0.3) is 5.97 Å². The maximum atomic E-state index is 10.2. The number of carbonyl (C=O) groups excluding carboxylic acids is 1. The molecule has 0 unspecified atom stereocenters. The number of carbonyl (C=O) groups is 1. The van der Waals surface area contributed by atoms with Gasteiger partial charge in [0.1, 0.15) is 0 Å². The molecule has 0 heterocycles. The van der Waals surface area contributed by atoms with Gasteiger partial charge in [-0.2, -0.15) is 6.92 Å². The van der Waals surface area contributed by atoms with Gasteiger partial charge >= 0.3 is 30.0 Å². The summed E-state index contributed by atoms with van der Waals surface area (Å²) in [6.07, 6.45) is 2.17. The minimum absolute atomic E-state index is 0.178. The molecule has 0 aliphatic heterocycles. The van der Waals surface area contributed by atoms with E-state index in [1.807, 2.05) is 6.92 Å². The summed E-state index contributed by atoms with van der Waals surface area (Å²) in [5, 5.41) is 0. The average Bonchev–Trinajstić information content (AvgIpc) is 1.93. The Hall–Kier alpha value is 0.573. The van der Waals surface area contributed by atoms with Gasteiger partial charge in [-0.3, -0.25) is 4.79 Å². The molecule has 0 atom stereocenters. The Morgan fingerprint density at radius 1 is 1.78 bits per heavy atom. The molecule has 2 nitrogen and oxygen atoms in total. The summed E-state index contributed by atoms with van der Waals surface area (Å²) in [5.41, 5.74) is 0. The van der Waals surface area contributed by atoms with Gasteiger partial charge in [-0.25, -0.2) is 0 Å². The van der Waals surface area contributed by atoms with Gasteiger partial charge < -0.3 is 11.2 Å². The summed E-state index contributed by atoms with van der Waals surface area (Å²) in [6.45, 7) is 1.82. The van der Waals surface area contributed by atoms with Crippen molar-refractivity contribution in [2.24, 2.45) is 0 Å². The van der Waals surface area contributed by atoms with Crippen LogP contribution in [-0.4, -0.2) is 13.1 Å². The van der Waals surface area contributed by atoms with E-state index in [1.165, 1.54) is 23.5 Å². The van der Waals surface area contributed by atoms with Crippen LogP contribution in [0.2, 0.25) is 0 Å². The quantitative estimate of drug-likeness (QED) is 0.420. The number of rotatable bonds is 2. The van der Waals surface area contributed by atoms with Gasteiger partial charge in [0.05, 0.1) is 7.11 Å². The minimum atomic E-state index is -0.178. The van der Waals surface area contributed by atoms with Gasteiger partial charge in [0.2, 0.25) is 0 Å². The Bertz CT molecular complexity index is 68.0. The number of halogens is 1. The van der Waals surface area contributed by atoms with Crippen molar-refractivity contribution < 1.29 is 25.9 Å².